The standard InChI is InChI=1S/C12H15NO/c1-3-10(2)14-9-12-6-4-11(8-13)5-7-12/h4-7,10H,3,9H2,1-2H3/t10-/m0/s1. The van der Waals surface area contributed by atoms with E-state index in [4.69, 9.17) is 10.00 Å². The molecule has 0 aliphatic rings. The third kappa shape index (κ3) is 3.20. The molecule has 0 aliphatic heterocycles. The third-order valence-electron chi connectivity index (χ3n) is 2.19. The first-order valence-electron chi connectivity index (χ1n) is 4.87. The second-order valence-corrected chi connectivity index (χ2v) is 3.34. The van der Waals surface area contributed by atoms with Crippen LogP contribution in [0, 0.1) is 11.3 Å². The van der Waals surface area contributed by atoms with E-state index in [1.807, 2.05) is 24.3 Å². The molecule has 1 atom stereocenters. The van der Waals surface area contributed by atoms with Crippen molar-refractivity contribution in [3.05, 3.63) is 35.4 Å². The van der Waals surface area contributed by atoms with Gasteiger partial charge in [0.05, 0.1) is 24.3 Å². The van der Waals surface area contributed by atoms with E-state index in [0.29, 0.717) is 18.3 Å². The Morgan fingerprint density at radius 2 is 2.00 bits per heavy atom. The summed E-state index contributed by atoms with van der Waals surface area (Å²) in [6.07, 6.45) is 1.32. The van der Waals surface area contributed by atoms with E-state index in [-0.39, 0.29) is 0 Å². The van der Waals surface area contributed by atoms with E-state index in [1.165, 1.54) is 0 Å². The van der Waals surface area contributed by atoms with Gasteiger partial charge in [0.15, 0.2) is 0 Å². The minimum atomic E-state index is 0.297. The number of hydrogen-bond acceptors (Lipinski definition) is 2. The molecule has 1 aromatic carbocycles. The number of rotatable bonds is 4. The number of nitrogens with zero attached hydrogens (tertiary/aromatic N) is 1. The molecular formula is C12H15NO. The molecule has 0 heterocycles. The maximum atomic E-state index is 8.60. The Morgan fingerprint density at radius 3 is 2.50 bits per heavy atom. The van der Waals surface area contributed by atoms with Crippen LogP contribution in [0.4, 0.5) is 0 Å². The zero-order valence-electron chi connectivity index (χ0n) is 8.66. The quantitative estimate of drug-likeness (QED) is 0.729. The normalized spacial score (nSPS) is 12.1. The topological polar surface area (TPSA) is 33.0 Å². The Bertz CT molecular complexity index is 310. The molecule has 0 radical (unpaired) electrons. The van der Waals surface area contributed by atoms with E-state index >= 15 is 0 Å². The van der Waals surface area contributed by atoms with E-state index in [9.17, 15) is 0 Å². The second-order valence-electron chi connectivity index (χ2n) is 3.34. The molecule has 0 unspecified atom stereocenters. The van der Waals surface area contributed by atoms with Crippen molar-refractivity contribution in [1.29, 1.82) is 5.26 Å². The van der Waals surface area contributed by atoms with Crippen molar-refractivity contribution in [2.24, 2.45) is 0 Å². The first-order valence-corrected chi connectivity index (χ1v) is 4.87. The number of ether oxygens (including phenoxy) is 1. The summed E-state index contributed by atoms with van der Waals surface area (Å²) in [6, 6.07) is 9.58. The fourth-order valence-electron chi connectivity index (χ4n) is 1.03. The highest BCUT2D eigenvalue weighted by atomic mass is 16.5. The Balaban J connectivity index is 2.49. The third-order valence-corrected chi connectivity index (χ3v) is 2.19. The summed E-state index contributed by atoms with van der Waals surface area (Å²) in [7, 11) is 0. The molecule has 0 saturated heterocycles. The van der Waals surface area contributed by atoms with Gasteiger partial charge in [-0.3, -0.25) is 0 Å². The Hall–Kier alpha value is -1.33. The molecule has 0 N–H and O–H groups in total. The average Bonchev–Trinajstić information content (AvgIpc) is 2.26. The summed E-state index contributed by atoms with van der Waals surface area (Å²) in [5.74, 6) is 0. The zero-order chi connectivity index (χ0) is 10.4. The highest BCUT2D eigenvalue weighted by Gasteiger charge is 1.99. The lowest BCUT2D eigenvalue weighted by atomic mass is 10.1. The fraction of sp³-hybridized carbons (Fsp3) is 0.417. The van der Waals surface area contributed by atoms with E-state index < -0.39 is 0 Å². The van der Waals surface area contributed by atoms with Gasteiger partial charge in [0.2, 0.25) is 0 Å². The maximum Gasteiger partial charge on any atom is 0.0991 e. The molecule has 1 rings (SSSR count). The predicted octanol–water partition coefficient (Wildman–Crippen LogP) is 2.87. The fourth-order valence-corrected chi connectivity index (χ4v) is 1.03. The molecule has 0 fully saturated rings. The van der Waals surface area contributed by atoms with Crippen molar-refractivity contribution < 1.29 is 4.74 Å². The van der Waals surface area contributed by atoms with Crippen LogP contribution in [0.3, 0.4) is 0 Å². The molecule has 1 aromatic rings. The molecule has 0 saturated carbocycles. The molecule has 2 nitrogen and oxygen atoms in total. The van der Waals surface area contributed by atoms with E-state index in [1.54, 1.807) is 0 Å². The smallest absolute Gasteiger partial charge is 0.0991 e. The van der Waals surface area contributed by atoms with Gasteiger partial charge in [-0.2, -0.15) is 5.26 Å². The second kappa shape index (κ2) is 5.41. The lowest BCUT2D eigenvalue weighted by Gasteiger charge is -2.10. The van der Waals surface area contributed by atoms with Gasteiger partial charge >= 0.3 is 0 Å². The van der Waals surface area contributed by atoms with Gasteiger partial charge in [-0.05, 0) is 31.0 Å². The van der Waals surface area contributed by atoms with Crippen molar-refractivity contribution in [1.82, 2.24) is 0 Å². The number of nitriles is 1. The van der Waals surface area contributed by atoms with Crippen LogP contribution in [0.2, 0.25) is 0 Å². The van der Waals surface area contributed by atoms with Gasteiger partial charge in [-0.15, -0.1) is 0 Å². The van der Waals surface area contributed by atoms with Crippen LogP contribution in [-0.2, 0) is 11.3 Å². The Kier molecular flexibility index (Phi) is 4.15. The van der Waals surface area contributed by atoms with Gasteiger partial charge in [-0.25, -0.2) is 0 Å². The van der Waals surface area contributed by atoms with Crippen molar-refractivity contribution in [3.8, 4) is 6.07 Å². The Labute approximate surface area is 85.1 Å². The molecule has 0 bridgehead atoms. The van der Waals surface area contributed by atoms with Crippen LogP contribution < -0.4 is 0 Å². The van der Waals surface area contributed by atoms with E-state index in [2.05, 4.69) is 19.9 Å². The van der Waals surface area contributed by atoms with Crippen molar-refractivity contribution >= 4 is 0 Å². The van der Waals surface area contributed by atoms with Gasteiger partial charge < -0.3 is 4.74 Å². The molecule has 0 aliphatic carbocycles. The average molecular weight is 189 g/mol. The minimum absolute atomic E-state index is 0.297. The summed E-state index contributed by atoms with van der Waals surface area (Å²) in [4.78, 5) is 0. The van der Waals surface area contributed by atoms with Crippen LogP contribution in [0.5, 0.6) is 0 Å². The van der Waals surface area contributed by atoms with Gasteiger partial charge in [-0.1, -0.05) is 19.1 Å². The monoisotopic (exact) mass is 189 g/mol. The summed E-state index contributed by atoms with van der Waals surface area (Å²) < 4.78 is 5.57. The summed E-state index contributed by atoms with van der Waals surface area (Å²) in [5, 5.41) is 8.60. The van der Waals surface area contributed by atoms with Crippen LogP contribution in [0.15, 0.2) is 24.3 Å². The molecule has 0 amide bonds. The van der Waals surface area contributed by atoms with Crippen molar-refractivity contribution in [3.63, 3.8) is 0 Å². The first kappa shape index (κ1) is 10.7. The molecule has 74 valence electrons. The largest absolute Gasteiger partial charge is 0.374 e. The van der Waals surface area contributed by atoms with Crippen molar-refractivity contribution in [2.75, 3.05) is 0 Å². The molecule has 14 heavy (non-hydrogen) atoms. The number of hydrogen-bond donors (Lipinski definition) is 0. The maximum absolute atomic E-state index is 8.60. The van der Waals surface area contributed by atoms with Crippen LogP contribution in [0.1, 0.15) is 31.4 Å². The van der Waals surface area contributed by atoms with Crippen molar-refractivity contribution in [2.45, 2.75) is 33.0 Å². The van der Waals surface area contributed by atoms with E-state index in [0.717, 1.165) is 12.0 Å². The van der Waals surface area contributed by atoms with Crippen LogP contribution in [0.25, 0.3) is 0 Å². The number of benzene rings is 1. The van der Waals surface area contributed by atoms with Gasteiger partial charge in [0.25, 0.3) is 0 Å². The summed E-state index contributed by atoms with van der Waals surface area (Å²) >= 11 is 0. The highest BCUT2D eigenvalue weighted by molar-refractivity contribution is 5.31. The zero-order valence-corrected chi connectivity index (χ0v) is 8.66. The van der Waals surface area contributed by atoms with Crippen LogP contribution in [-0.4, -0.2) is 6.10 Å². The SMILES string of the molecule is CC[C@H](C)OCc1ccc(C#N)cc1. The van der Waals surface area contributed by atoms with Gasteiger partial charge in [0, 0.05) is 0 Å². The van der Waals surface area contributed by atoms with Crippen LogP contribution >= 0.6 is 0 Å². The first-order chi connectivity index (χ1) is 6.76. The van der Waals surface area contributed by atoms with Gasteiger partial charge in [0.1, 0.15) is 0 Å². The summed E-state index contributed by atoms with van der Waals surface area (Å²) in [6.45, 7) is 4.79. The Morgan fingerprint density at radius 1 is 1.36 bits per heavy atom. The minimum Gasteiger partial charge on any atom is -0.374 e. The lowest BCUT2D eigenvalue weighted by molar-refractivity contribution is 0.0508. The predicted molar refractivity (Wildman–Crippen MR) is 55.7 cm³/mol. The summed E-state index contributed by atoms with van der Waals surface area (Å²) in [5.41, 5.74) is 1.81. The molecule has 2 heteroatoms. The highest BCUT2D eigenvalue weighted by Crippen LogP contribution is 2.07. The molecular weight excluding hydrogens is 174 g/mol. The molecule has 0 spiro atoms. The molecule has 0 aromatic heterocycles. The lowest BCUT2D eigenvalue weighted by Crippen LogP contribution is -2.05.